The van der Waals surface area contributed by atoms with E-state index in [2.05, 4.69) is 5.32 Å². The summed E-state index contributed by atoms with van der Waals surface area (Å²) in [6.45, 7) is 0.606. The maximum atomic E-state index is 13.1. The van der Waals surface area contributed by atoms with Crippen LogP contribution in [0.5, 0.6) is 0 Å². The molecule has 1 N–H and O–H groups in total. The summed E-state index contributed by atoms with van der Waals surface area (Å²) in [7, 11) is 0. The highest BCUT2D eigenvalue weighted by molar-refractivity contribution is 5.50. The van der Waals surface area contributed by atoms with Gasteiger partial charge in [0.15, 0.2) is 0 Å². The van der Waals surface area contributed by atoms with Crippen LogP contribution in [0.2, 0.25) is 0 Å². The predicted octanol–water partition coefficient (Wildman–Crippen LogP) is 3.31. The quantitative estimate of drug-likeness (QED) is 0.871. The molecule has 0 radical (unpaired) electrons. The van der Waals surface area contributed by atoms with Gasteiger partial charge in [0.2, 0.25) is 0 Å². The molecule has 2 rings (SSSR count). The molecule has 0 fully saturated rings. The average Bonchev–Trinajstić information content (AvgIpc) is 2.37. The van der Waals surface area contributed by atoms with Gasteiger partial charge in [0.1, 0.15) is 5.82 Å². The van der Waals surface area contributed by atoms with Gasteiger partial charge in [-0.15, -0.1) is 0 Å². The van der Waals surface area contributed by atoms with Crippen LogP contribution in [0.1, 0.15) is 11.1 Å². The number of benzene rings is 2. The first-order chi connectivity index (χ1) is 8.28. The Morgan fingerprint density at radius 1 is 1.12 bits per heavy atom. The summed E-state index contributed by atoms with van der Waals surface area (Å²) in [5.74, 6) is -0.403. The number of nitrogens with one attached hydrogen (secondary N) is 1. The minimum absolute atomic E-state index is 0.320. The lowest BCUT2D eigenvalue weighted by molar-refractivity contribution is 0.627. The molecular weight excluding hydrogens is 215 g/mol. The number of nitriles is 1. The van der Waals surface area contributed by atoms with Crippen molar-refractivity contribution in [3.05, 3.63) is 65.5 Å². The molecule has 2 nitrogen and oxygen atoms in total. The molecule has 0 aliphatic rings. The summed E-state index contributed by atoms with van der Waals surface area (Å²) >= 11 is 0. The topological polar surface area (TPSA) is 35.8 Å². The van der Waals surface area contributed by atoms with E-state index in [-0.39, 0.29) is 0 Å². The van der Waals surface area contributed by atoms with Gasteiger partial charge in [0.05, 0.1) is 11.6 Å². The molecule has 17 heavy (non-hydrogen) atoms. The van der Waals surface area contributed by atoms with E-state index in [1.807, 2.05) is 36.4 Å². The first-order valence-electron chi connectivity index (χ1n) is 5.26. The number of rotatable bonds is 3. The molecule has 84 valence electrons. The SMILES string of the molecule is N#Cc1cc(F)cc(NCc2ccccc2)c1. The van der Waals surface area contributed by atoms with E-state index in [4.69, 9.17) is 5.26 Å². The summed E-state index contributed by atoms with van der Waals surface area (Å²) in [5.41, 5.74) is 2.04. The third-order valence-corrected chi connectivity index (χ3v) is 2.37. The monoisotopic (exact) mass is 226 g/mol. The zero-order chi connectivity index (χ0) is 12.1. The van der Waals surface area contributed by atoms with E-state index in [1.165, 1.54) is 12.1 Å². The maximum absolute atomic E-state index is 13.1. The van der Waals surface area contributed by atoms with Crippen molar-refractivity contribution in [2.24, 2.45) is 0 Å². The summed E-state index contributed by atoms with van der Waals surface area (Å²) in [4.78, 5) is 0. The van der Waals surface area contributed by atoms with E-state index in [9.17, 15) is 4.39 Å². The van der Waals surface area contributed by atoms with Crippen LogP contribution in [-0.4, -0.2) is 0 Å². The van der Waals surface area contributed by atoms with Gasteiger partial charge in [-0.25, -0.2) is 4.39 Å². The Morgan fingerprint density at radius 2 is 1.88 bits per heavy atom. The summed E-state index contributed by atoms with van der Waals surface area (Å²) in [6.07, 6.45) is 0. The molecule has 0 heterocycles. The number of halogens is 1. The largest absolute Gasteiger partial charge is 0.381 e. The number of nitrogens with zero attached hydrogens (tertiary/aromatic N) is 1. The lowest BCUT2D eigenvalue weighted by Crippen LogP contribution is -1.99. The van der Waals surface area contributed by atoms with Gasteiger partial charge in [-0.1, -0.05) is 30.3 Å². The predicted molar refractivity (Wildman–Crippen MR) is 64.9 cm³/mol. The van der Waals surface area contributed by atoms with Crippen LogP contribution >= 0.6 is 0 Å². The van der Waals surface area contributed by atoms with Gasteiger partial charge in [-0.05, 0) is 23.8 Å². The average molecular weight is 226 g/mol. The molecule has 0 bridgehead atoms. The van der Waals surface area contributed by atoms with Crippen molar-refractivity contribution in [3.8, 4) is 6.07 Å². The van der Waals surface area contributed by atoms with Crippen molar-refractivity contribution in [1.82, 2.24) is 0 Å². The Kier molecular flexibility index (Phi) is 3.37. The highest BCUT2D eigenvalue weighted by atomic mass is 19.1. The van der Waals surface area contributed by atoms with E-state index in [0.717, 1.165) is 5.56 Å². The summed E-state index contributed by atoms with van der Waals surface area (Å²) in [5, 5.41) is 11.8. The zero-order valence-electron chi connectivity index (χ0n) is 9.15. The molecule has 2 aromatic rings. The van der Waals surface area contributed by atoms with Crippen LogP contribution in [0, 0.1) is 17.1 Å². The molecule has 0 aliphatic heterocycles. The van der Waals surface area contributed by atoms with E-state index >= 15 is 0 Å². The van der Waals surface area contributed by atoms with E-state index in [1.54, 1.807) is 6.07 Å². The fourth-order valence-electron chi connectivity index (χ4n) is 1.56. The van der Waals surface area contributed by atoms with Crippen LogP contribution in [-0.2, 0) is 6.54 Å². The Bertz CT molecular complexity index is 544. The van der Waals surface area contributed by atoms with Crippen LogP contribution in [0.3, 0.4) is 0 Å². The molecule has 0 spiro atoms. The maximum Gasteiger partial charge on any atom is 0.126 e. The van der Waals surface area contributed by atoms with Crippen molar-refractivity contribution < 1.29 is 4.39 Å². The van der Waals surface area contributed by atoms with Crippen molar-refractivity contribution in [2.45, 2.75) is 6.54 Å². The number of hydrogen-bond donors (Lipinski definition) is 1. The van der Waals surface area contributed by atoms with Crippen LogP contribution in [0.25, 0.3) is 0 Å². The molecule has 0 saturated carbocycles. The molecule has 0 aliphatic carbocycles. The fraction of sp³-hybridized carbons (Fsp3) is 0.0714. The van der Waals surface area contributed by atoms with Crippen LogP contribution in [0.15, 0.2) is 48.5 Å². The van der Waals surface area contributed by atoms with Crippen molar-refractivity contribution in [1.29, 1.82) is 5.26 Å². The number of anilines is 1. The standard InChI is InChI=1S/C14H11FN2/c15-13-6-12(9-16)7-14(8-13)17-10-11-4-2-1-3-5-11/h1-8,17H,10H2. The second-order valence-electron chi connectivity index (χ2n) is 3.68. The van der Waals surface area contributed by atoms with Crippen molar-refractivity contribution >= 4 is 5.69 Å². The Balaban J connectivity index is 2.10. The minimum atomic E-state index is -0.403. The smallest absolute Gasteiger partial charge is 0.126 e. The molecule has 0 atom stereocenters. The molecule has 3 heteroatoms. The lowest BCUT2D eigenvalue weighted by atomic mass is 10.2. The van der Waals surface area contributed by atoms with Crippen molar-refractivity contribution in [2.75, 3.05) is 5.32 Å². The third-order valence-electron chi connectivity index (χ3n) is 2.37. The van der Waals surface area contributed by atoms with Gasteiger partial charge in [0.25, 0.3) is 0 Å². The molecule has 0 saturated heterocycles. The van der Waals surface area contributed by atoms with Crippen molar-refractivity contribution in [3.63, 3.8) is 0 Å². The Labute approximate surface area is 99.3 Å². The fourth-order valence-corrected chi connectivity index (χ4v) is 1.56. The van der Waals surface area contributed by atoms with Gasteiger partial charge < -0.3 is 5.32 Å². The minimum Gasteiger partial charge on any atom is -0.381 e. The van der Waals surface area contributed by atoms with Gasteiger partial charge in [-0.3, -0.25) is 0 Å². The van der Waals surface area contributed by atoms with Gasteiger partial charge in [-0.2, -0.15) is 5.26 Å². The second-order valence-corrected chi connectivity index (χ2v) is 3.68. The van der Waals surface area contributed by atoms with Crippen LogP contribution in [0.4, 0.5) is 10.1 Å². The molecule has 2 aromatic carbocycles. The Hall–Kier alpha value is -2.34. The molecule has 0 amide bonds. The number of hydrogen-bond acceptors (Lipinski definition) is 2. The first-order valence-corrected chi connectivity index (χ1v) is 5.26. The van der Waals surface area contributed by atoms with E-state index < -0.39 is 5.82 Å². The molecular formula is C14H11FN2. The van der Waals surface area contributed by atoms with E-state index in [0.29, 0.717) is 17.8 Å². The normalized spacial score (nSPS) is 9.65. The second kappa shape index (κ2) is 5.13. The third kappa shape index (κ3) is 3.05. The molecule has 0 unspecified atom stereocenters. The van der Waals surface area contributed by atoms with Gasteiger partial charge >= 0.3 is 0 Å². The van der Waals surface area contributed by atoms with Crippen LogP contribution < -0.4 is 5.32 Å². The lowest BCUT2D eigenvalue weighted by Gasteiger charge is -2.06. The highest BCUT2D eigenvalue weighted by Crippen LogP contribution is 2.14. The van der Waals surface area contributed by atoms with Gasteiger partial charge in [0, 0.05) is 12.2 Å². The summed E-state index contributed by atoms with van der Waals surface area (Å²) < 4.78 is 13.1. The first kappa shape index (κ1) is 11.2. The highest BCUT2D eigenvalue weighted by Gasteiger charge is 2.00. The molecule has 0 aromatic heterocycles. The zero-order valence-corrected chi connectivity index (χ0v) is 9.15. The summed E-state index contributed by atoms with van der Waals surface area (Å²) in [6, 6.07) is 16.0. The Morgan fingerprint density at radius 3 is 2.59 bits per heavy atom.